The minimum atomic E-state index is -2.98. The Morgan fingerprint density at radius 2 is 1.96 bits per heavy atom. The number of ether oxygens (including phenoxy) is 3. The summed E-state index contributed by atoms with van der Waals surface area (Å²) in [4.78, 5) is 12.0. The van der Waals surface area contributed by atoms with E-state index < -0.39 is 12.6 Å². The molecule has 0 saturated carbocycles. The van der Waals surface area contributed by atoms with Crippen LogP contribution in [0.2, 0.25) is 0 Å². The molecule has 0 amide bonds. The maximum Gasteiger partial charge on any atom is 0.387 e. The van der Waals surface area contributed by atoms with Crippen LogP contribution in [0.25, 0.3) is 0 Å². The molecule has 2 aromatic rings. The van der Waals surface area contributed by atoms with Gasteiger partial charge in [-0.05, 0) is 24.3 Å². The summed E-state index contributed by atoms with van der Waals surface area (Å²) in [6.45, 7) is -3.26. The third-order valence-corrected chi connectivity index (χ3v) is 2.97. The van der Waals surface area contributed by atoms with E-state index in [0.29, 0.717) is 5.75 Å². The number of methoxy groups -OCH3 is 1. The van der Waals surface area contributed by atoms with Crippen LogP contribution in [0.4, 0.5) is 8.78 Å². The number of carbonyl (C=O) groups excluding carboxylic acids is 1. The van der Waals surface area contributed by atoms with Crippen molar-refractivity contribution in [1.29, 1.82) is 0 Å². The zero-order valence-electron chi connectivity index (χ0n) is 12.2. The molecule has 0 heterocycles. The van der Waals surface area contributed by atoms with E-state index >= 15 is 0 Å². The maximum absolute atomic E-state index is 12.3. The van der Waals surface area contributed by atoms with Crippen molar-refractivity contribution in [2.24, 2.45) is 0 Å². The van der Waals surface area contributed by atoms with Crippen molar-refractivity contribution in [2.45, 2.75) is 13.2 Å². The smallest absolute Gasteiger partial charge is 0.387 e. The number of hydrogen-bond donors (Lipinski definition) is 1. The number of rotatable bonds is 6. The molecule has 5 nitrogen and oxygen atoms in total. The van der Waals surface area contributed by atoms with Crippen molar-refractivity contribution in [3.63, 3.8) is 0 Å². The zero-order chi connectivity index (χ0) is 16.8. The van der Waals surface area contributed by atoms with Gasteiger partial charge in [-0.15, -0.1) is 0 Å². The number of benzene rings is 2. The van der Waals surface area contributed by atoms with Crippen LogP contribution in [0.5, 0.6) is 17.2 Å². The topological polar surface area (TPSA) is 65.0 Å². The van der Waals surface area contributed by atoms with Crippen LogP contribution in [0, 0.1) is 0 Å². The maximum atomic E-state index is 12.3. The molecule has 0 aliphatic heterocycles. The fourth-order valence-electron chi connectivity index (χ4n) is 1.86. The average molecular weight is 324 g/mol. The van der Waals surface area contributed by atoms with Crippen LogP contribution in [-0.4, -0.2) is 24.8 Å². The van der Waals surface area contributed by atoms with Gasteiger partial charge >= 0.3 is 12.6 Å². The van der Waals surface area contributed by atoms with Crippen LogP contribution in [0.15, 0.2) is 42.5 Å². The molecule has 7 heteroatoms. The van der Waals surface area contributed by atoms with Gasteiger partial charge < -0.3 is 19.3 Å². The fraction of sp³-hybridized carbons (Fsp3) is 0.188. The first-order valence-electron chi connectivity index (χ1n) is 6.58. The molecular formula is C16H14F2O5. The molecule has 0 spiro atoms. The Labute approximate surface area is 131 Å². The number of phenols is 1. The Kier molecular flexibility index (Phi) is 5.35. The van der Waals surface area contributed by atoms with Crippen LogP contribution >= 0.6 is 0 Å². The largest absolute Gasteiger partial charge is 0.507 e. The van der Waals surface area contributed by atoms with Crippen molar-refractivity contribution < 1.29 is 32.9 Å². The molecule has 0 aromatic heterocycles. The molecule has 2 rings (SSSR count). The SMILES string of the molecule is COc1ccc(O)c(C(=O)OCc2ccccc2OC(F)F)c1. The Hall–Kier alpha value is -2.83. The van der Waals surface area contributed by atoms with E-state index in [1.807, 2.05) is 0 Å². The summed E-state index contributed by atoms with van der Waals surface area (Å²) in [7, 11) is 1.42. The molecule has 0 bridgehead atoms. The second-order valence-corrected chi connectivity index (χ2v) is 4.45. The number of hydrogen-bond acceptors (Lipinski definition) is 5. The number of aromatic hydroxyl groups is 1. The van der Waals surface area contributed by atoms with E-state index in [9.17, 15) is 18.7 Å². The third kappa shape index (κ3) is 4.32. The first-order chi connectivity index (χ1) is 11.0. The number of phenolic OH excluding ortho intramolecular Hbond substituents is 1. The van der Waals surface area contributed by atoms with Crippen LogP contribution in [0.3, 0.4) is 0 Å². The van der Waals surface area contributed by atoms with Gasteiger partial charge in [-0.1, -0.05) is 18.2 Å². The molecule has 0 aliphatic rings. The van der Waals surface area contributed by atoms with E-state index in [2.05, 4.69) is 4.74 Å². The quantitative estimate of drug-likeness (QED) is 0.826. The lowest BCUT2D eigenvalue weighted by Crippen LogP contribution is -2.08. The van der Waals surface area contributed by atoms with E-state index in [4.69, 9.17) is 9.47 Å². The van der Waals surface area contributed by atoms with Crippen molar-refractivity contribution in [3.8, 4) is 17.2 Å². The highest BCUT2D eigenvalue weighted by atomic mass is 19.3. The van der Waals surface area contributed by atoms with Crippen LogP contribution < -0.4 is 9.47 Å². The highest BCUT2D eigenvalue weighted by molar-refractivity contribution is 5.92. The molecule has 0 radical (unpaired) electrons. The minimum absolute atomic E-state index is 0.0786. The van der Waals surface area contributed by atoms with E-state index in [-0.39, 0.29) is 29.2 Å². The molecule has 2 aromatic carbocycles. The number of para-hydroxylation sites is 1. The summed E-state index contributed by atoms with van der Waals surface area (Å²) in [5, 5.41) is 9.69. The van der Waals surface area contributed by atoms with Gasteiger partial charge in [0.25, 0.3) is 0 Å². The molecule has 0 unspecified atom stereocenters. The molecule has 1 N–H and O–H groups in total. The van der Waals surface area contributed by atoms with E-state index in [0.717, 1.165) is 0 Å². The van der Waals surface area contributed by atoms with Crippen molar-refractivity contribution >= 4 is 5.97 Å². The summed E-state index contributed by atoms with van der Waals surface area (Å²) in [6, 6.07) is 10.1. The lowest BCUT2D eigenvalue weighted by Gasteiger charge is -2.11. The molecule has 122 valence electrons. The molecule has 0 atom stereocenters. The van der Waals surface area contributed by atoms with Gasteiger partial charge in [0, 0.05) is 5.56 Å². The standard InChI is InChI=1S/C16H14F2O5/c1-21-11-6-7-13(19)12(8-11)15(20)22-9-10-4-2-3-5-14(10)23-16(17)18/h2-8,16,19H,9H2,1H3. The van der Waals surface area contributed by atoms with Gasteiger partial charge in [0.2, 0.25) is 0 Å². The predicted molar refractivity (Wildman–Crippen MR) is 76.9 cm³/mol. The molecule has 0 saturated heterocycles. The summed E-state index contributed by atoms with van der Waals surface area (Å²) >= 11 is 0. The first-order valence-corrected chi connectivity index (χ1v) is 6.58. The summed E-state index contributed by atoms with van der Waals surface area (Å²) < 4.78 is 39.0. The number of halogens is 2. The van der Waals surface area contributed by atoms with Crippen molar-refractivity contribution in [2.75, 3.05) is 7.11 Å². The van der Waals surface area contributed by atoms with Crippen molar-refractivity contribution in [1.82, 2.24) is 0 Å². The Morgan fingerprint density at radius 3 is 2.65 bits per heavy atom. The molecule has 23 heavy (non-hydrogen) atoms. The summed E-state index contributed by atoms with van der Waals surface area (Å²) in [5.74, 6) is -0.789. The van der Waals surface area contributed by atoms with Crippen LogP contribution in [-0.2, 0) is 11.3 Å². The van der Waals surface area contributed by atoms with Gasteiger partial charge in [0.15, 0.2) is 0 Å². The predicted octanol–water partition coefficient (Wildman–Crippen LogP) is 3.36. The third-order valence-electron chi connectivity index (χ3n) is 2.97. The van der Waals surface area contributed by atoms with Gasteiger partial charge in [0.05, 0.1) is 7.11 Å². The zero-order valence-corrected chi connectivity index (χ0v) is 12.2. The lowest BCUT2D eigenvalue weighted by atomic mass is 10.2. The van der Waals surface area contributed by atoms with E-state index in [1.54, 1.807) is 6.07 Å². The highest BCUT2D eigenvalue weighted by Gasteiger charge is 2.16. The second kappa shape index (κ2) is 7.44. The monoisotopic (exact) mass is 324 g/mol. The minimum Gasteiger partial charge on any atom is -0.507 e. The summed E-state index contributed by atoms with van der Waals surface area (Å²) in [6.07, 6.45) is 0. The Bertz CT molecular complexity index is 688. The number of alkyl halides is 2. The van der Waals surface area contributed by atoms with Crippen molar-refractivity contribution in [3.05, 3.63) is 53.6 Å². The molecular weight excluding hydrogens is 310 g/mol. The average Bonchev–Trinajstić information content (AvgIpc) is 2.53. The van der Waals surface area contributed by atoms with E-state index in [1.165, 1.54) is 43.5 Å². The highest BCUT2D eigenvalue weighted by Crippen LogP contribution is 2.25. The summed E-state index contributed by atoms with van der Waals surface area (Å²) in [5.41, 5.74) is 0.195. The number of esters is 1. The lowest BCUT2D eigenvalue weighted by molar-refractivity contribution is -0.0510. The van der Waals surface area contributed by atoms with Gasteiger partial charge in [-0.25, -0.2) is 4.79 Å². The van der Waals surface area contributed by atoms with Gasteiger partial charge in [0.1, 0.15) is 29.4 Å². The normalized spacial score (nSPS) is 10.4. The number of carbonyl (C=O) groups is 1. The first kappa shape index (κ1) is 16.5. The Morgan fingerprint density at radius 1 is 1.22 bits per heavy atom. The van der Waals surface area contributed by atoms with Gasteiger partial charge in [-0.3, -0.25) is 0 Å². The second-order valence-electron chi connectivity index (χ2n) is 4.45. The molecule has 0 fully saturated rings. The van der Waals surface area contributed by atoms with Gasteiger partial charge in [-0.2, -0.15) is 8.78 Å². The van der Waals surface area contributed by atoms with Crippen LogP contribution in [0.1, 0.15) is 15.9 Å². The molecule has 0 aliphatic carbocycles. The Balaban J connectivity index is 2.11. The fourth-order valence-corrected chi connectivity index (χ4v) is 1.86.